The molecule has 0 aromatic heterocycles. The van der Waals surface area contributed by atoms with Gasteiger partial charge in [-0.2, -0.15) is 0 Å². The highest BCUT2D eigenvalue weighted by Crippen LogP contribution is 2.49. The average molecular weight is 318 g/mol. The van der Waals surface area contributed by atoms with Crippen molar-refractivity contribution in [3.63, 3.8) is 0 Å². The summed E-state index contributed by atoms with van der Waals surface area (Å²) < 4.78 is 0. The number of rotatable bonds is 1. The summed E-state index contributed by atoms with van der Waals surface area (Å²) in [6, 6.07) is 21.2. The van der Waals surface area contributed by atoms with Crippen LogP contribution in [0.3, 0.4) is 0 Å². The van der Waals surface area contributed by atoms with Crippen LogP contribution in [-0.4, -0.2) is 0 Å². The zero-order chi connectivity index (χ0) is 17.6. The normalized spacial score (nSPS) is 13.4. The third-order valence-electron chi connectivity index (χ3n) is 5.23. The summed E-state index contributed by atoms with van der Waals surface area (Å²) in [6.07, 6.45) is 11.1. The molecule has 0 nitrogen and oxygen atoms in total. The fourth-order valence-electron chi connectivity index (χ4n) is 3.77. The summed E-state index contributed by atoms with van der Waals surface area (Å²) >= 11 is 0. The van der Waals surface area contributed by atoms with Crippen molar-refractivity contribution in [2.24, 2.45) is 0 Å². The summed E-state index contributed by atoms with van der Waals surface area (Å²) in [7, 11) is 0. The Morgan fingerprint density at radius 2 is 1.16 bits per heavy atom. The number of fused-ring (bicyclic) bond motifs is 3. The van der Waals surface area contributed by atoms with Crippen molar-refractivity contribution in [1.82, 2.24) is 0 Å². The summed E-state index contributed by atoms with van der Waals surface area (Å²) in [5.74, 6) is 5.42. The van der Waals surface area contributed by atoms with E-state index in [-0.39, 0.29) is 5.41 Å². The number of terminal acetylenes is 2. The van der Waals surface area contributed by atoms with Crippen molar-refractivity contribution < 1.29 is 0 Å². The van der Waals surface area contributed by atoms with Crippen LogP contribution in [0.1, 0.15) is 36.1 Å². The van der Waals surface area contributed by atoms with Gasteiger partial charge in [-0.15, -0.1) is 12.8 Å². The molecule has 0 fully saturated rings. The van der Waals surface area contributed by atoms with Gasteiger partial charge >= 0.3 is 0 Å². The molecule has 3 aromatic carbocycles. The number of hydrogen-bond acceptors (Lipinski definition) is 0. The van der Waals surface area contributed by atoms with Gasteiger partial charge in [0.05, 0.1) is 0 Å². The molecule has 0 unspecified atom stereocenters. The Balaban J connectivity index is 1.86. The van der Waals surface area contributed by atoms with Gasteiger partial charge < -0.3 is 0 Å². The molecule has 25 heavy (non-hydrogen) atoms. The highest BCUT2D eigenvalue weighted by molar-refractivity contribution is 5.84. The van der Waals surface area contributed by atoms with Gasteiger partial charge in [-0.1, -0.05) is 56.0 Å². The molecule has 0 saturated heterocycles. The predicted molar refractivity (Wildman–Crippen MR) is 105 cm³/mol. The number of benzene rings is 3. The van der Waals surface area contributed by atoms with Crippen LogP contribution in [-0.2, 0) is 5.41 Å². The van der Waals surface area contributed by atoms with Crippen molar-refractivity contribution in [3.05, 3.63) is 82.9 Å². The second-order valence-electron chi connectivity index (χ2n) is 7.01. The summed E-state index contributed by atoms with van der Waals surface area (Å²) in [5.41, 5.74) is 9.39. The molecule has 0 heterocycles. The maximum Gasteiger partial charge on any atom is 0.0246 e. The SMILES string of the molecule is C#Cc1ccc(-c2ccc3c(c2)C(C)(C)c2cc(C#C)ccc2-3)cc1. The van der Waals surface area contributed by atoms with Gasteiger partial charge in [-0.3, -0.25) is 0 Å². The van der Waals surface area contributed by atoms with Crippen LogP contribution in [0.4, 0.5) is 0 Å². The molecule has 118 valence electrons. The van der Waals surface area contributed by atoms with E-state index in [1.807, 2.05) is 18.2 Å². The van der Waals surface area contributed by atoms with Gasteiger partial charge in [0.25, 0.3) is 0 Å². The highest BCUT2D eigenvalue weighted by atomic mass is 14.4. The Hall–Kier alpha value is -3.22. The Morgan fingerprint density at radius 1 is 0.640 bits per heavy atom. The van der Waals surface area contributed by atoms with Crippen LogP contribution in [0.25, 0.3) is 22.3 Å². The standard InChI is InChI=1S/C25H18/c1-5-17-7-10-19(11-8-17)20-12-14-22-21-13-9-18(6-2)15-23(21)25(3,4)24(22)16-20/h1-2,7-16H,3-4H3. The van der Waals surface area contributed by atoms with E-state index in [1.165, 1.54) is 33.4 Å². The van der Waals surface area contributed by atoms with E-state index in [0.29, 0.717) is 0 Å². The van der Waals surface area contributed by atoms with Crippen LogP contribution in [0.15, 0.2) is 60.7 Å². The Bertz CT molecular complexity index is 1060. The number of hydrogen-bond donors (Lipinski definition) is 0. The van der Waals surface area contributed by atoms with Crippen LogP contribution >= 0.6 is 0 Å². The molecular weight excluding hydrogens is 300 g/mol. The van der Waals surface area contributed by atoms with Crippen molar-refractivity contribution >= 4 is 0 Å². The highest BCUT2D eigenvalue weighted by Gasteiger charge is 2.35. The monoisotopic (exact) mass is 318 g/mol. The molecular formula is C25H18. The fraction of sp³-hybridized carbons (Fsp3) is 0.120. The maximum atomic E-state index is 5.60. The minimum atomic E-state index is -0.0632. The molecule has 0 radical (unpaired) electrons. The first-order chi connectivity index (χ1) is 12.0. The smallest absolute Gasteiger partial charge is 0.0246 e. The van der Waals surface area contributed by atoms with E-state index in [2.05, 4.69) is 68.2 Å². The topological polar surface area (TPSA) is 0 Å². The van der Waals surface area contributed by atoms with Crippen LogP contribution in [0, 0.1) is 24.7 Å². The van der Waals surface area contributed by atoms with Crippen molar-refractivity contribution in [2.45, 2.75) is 19.3 Å². The van der Waals surface area contributed by atoms with E-state index < -0.39 is 0 Å². The first-order valence-corrected chi connectivity index (χ1v) is 8.37. The molecule has 0 aliphatic heterocycles. The van der Waals surface area contributed by atoms with E-state index in [9.17, 15) is 0 Å². The van der Waals surface area contributed by atoms with Gasteiger partial charge in [-0.25, -0.2) is 0 Å². The van der Waals surface area contributed by atoms with Gasteiger partial charge in [0.2, 0.25) is 0 Å². The second kappa shape index (κ2) is 5.41. The first-order valence-electron chi connectivity index (χ1n) is 8.37. The molecule has 4 rings (SSSR count). The van der Waals surface area contributed by atoms with E-state index in [1.54, 1.807) is 0 Å². The maximum absolute atomic E-state index is 5.60. The van der Waals surface area contributed by atoms with Crippen LogP contribution in [0.2, 0.25) is 0 Å². The van der Waals surface area contributed by atoms with Crippen molar-refractivity contribution in [2.75, 3.05) is 0 Å². The molecule has 0 atom stereocenters. The Morgan fingerprint density at radius 3 is 1.80 bits per heavy atom. The Kier molecular flexibility index (Phi) is 3.31. The van der Waals surface area contributed by atoms with Gasteiger partial charge in [0.15, 0.2) is 0 Å². The zero-order valence-electron chi connectivity index (χ0n) is 14.4. The first kappa shape index (κ1) is 15.3. The minimum Gasteiger partial charge on any atom is -0.115 e. The van der Waals surface area contributed by atoms with Crippen molar-refractivity contribution in [1.29, 1.82) is 0 Å². The van der Waals surface area contributed by atoms with E-state index in [0.717, 1.165) is 11.1 Å². The zero-order valence-corrected chi connectivity index (χ0v) is 14.4. The largest absolute Gasteiger partial charge is 0.115 e. The summed E-state index contributed by atoms with van der Waals surface area (Å²) in [4.78, 5) is 0. The third kappa shape index (κ3) is 2.27. The van der Waals surface area contributed by atoms with Crippen molar-refractivity contribution in [3.8, 4) is 46.9 Å². The molecule has 0 saturated carbocycles. The van der Waals surface area contributed by atoms with Crippen LogP contribution < -0.4 is 0 Å². The molecule has 0 N–H and O–H groups in total. The lowest BCUT2D eigenvalue weighted by Gasteiger charge is -2.22. The molecule has 3 aromatic rings. The quantitative estimate of drug-likeness (QED) is 0.511. The van der Waals surface area contributed by atoms with E-state index in [4.69, 9.17) is 12.8 Å². The molecule has 0 bridgehead atoms. The predicted octanol–water partition coefficient (Wildman–Crippen LogP) is 5.62. The fourth-order valence-corrected chi connectivity index (χ4v) is 3.77. The molecule has 1 aliphatic carbocycles. The lowest BCUT2D eigenvalue weighted by Crippen LogP contribution is -2.15. The van der Waals surface area contributed by atoms with Gasteiger partial charge in [0, 0.05) is 16.5 Å². The van der Waals surface area contributed by atoms with Crippen LogP contribution in [0.5, 0.6) is 0 Å². The lowest BCUT2D eigenvalue weighted by molar-refractivity contribution is 0.660. The molecule has 0 heteroatoms. The second-order valence-corrected chi connectivity index (χ2v) is 7.01. The molecule has 0 amide bonds. The molecule has 1 aliphatic rings. The van der Waals surface area contributed by atoms with Gasteiger partial charge in [-0.05, 0) is 63.7 Å². The summed E-state index contributed by atoms with van der Waals surface area (Å²) in [6.45, 7) is 4.53. The average Bonchev–Trinajstić information content (AvgIpc) is 2.88. The van der Waals surface area contributed by atoms with E-state index >= 15 is 0 Å². The lowest BCUT2D eigenvalue weighted by atomic mass is 9.81. The third-order valence-corrected chi connectivity index (χ3v) is 5.23. The molecule has 0 spiro atoms. The Labute approximate surface area is 149 Å². The summed E-state index contributed by atoms with van der Waals surface area (Å²) in [5, 5.41) is 0. The van der Waals surface area contributed by atoms with Gasteiger partial charge in [0.1, 0.15) is 0 Å². The minimum absolute atomic E-state index is 0.0632.